The number of amides is 1. The van der Waals surface area contributed by atoms with Gasteiger partial charge in [0.05, 0.1) is 12.3 Å². The minimum atomic E-state index is -0.862. The van der Waals surface area contributed by atoms with Gasteiger partial charge in [0, 0.05) is 41.2 Å². The van der Waals surface area contributed by atoms with Crippen LogP contribution < -0.4 is 4.74 Å². The molecule has 1 N–H and O–H groups in total. The number of aromatic amines is 1. The van der Waals surface area contributed by atoms with E-state index in [9.17, 15) is 13.6 Å². The van der Waals surface area contributed by atoms with E-state index in [1.54, 1.807) is 4.90 Å². The number of nitrogens with zero attached hydrogens (tertiary/aromatic N) is 3. The standard InChI is InChI=1S/C28H31F3N4O2/c1-34-8-4-16(5-9-34)24-14-20-25(23(31)15-32-27(20)33-24)17-6-10-35(11-7-17)28(36)18-12-21(29)26(22(30)13-18)37-19-2-3-19/h12-17,19H,2-11H2,1H3,(H,32,33). The zero-order valence-electron chi connectivity index (χ0n) is 20.9. The molecule has 4 heterocycles. The minimum Gasteiger partial charge on any atom is -0.484 e. The molecule has 2 aromatic heterocycles. The number of hydrogen-bond acceptors (Lipinski definition) is 4. The van der Waals surface area contributed by atoms with Gasteiger partial charge >= 0.3 is 0 Å². The topological polar surface area (TPSA) is 61.5 Å². The van der Waals surface area contributed by atoms with Crippen molar-refractivity contribution >= 4 is 16.9 Å². The van der Waals surface area contributed by atoms with Crippen molar-refractivity contribution in [2.45, 2.75) is 56.5 Å². The Bertz CT molecular complexity index is 1300. The van der Waals surface area contributed by atoms with Gasteiger partial charge in [-0.3, -0.25) is 4.79 Å². The lowest BCUT2D eigenvalue weighted by molar-refractivity contribution is 0.0711. The van der Waals surface area contributed by atoms with Crippen molar-refractivity contribution in [3.63, 3.8) is 0 Å². The third kappa shape index (κ3) is 4.81. The highest BCUT2D eigenvalue weighted by Gasteiger charge is 2.31. The monoisotopic (exact) mass is 512 g/mol. The second-order valence-electron chi connectivity index (χ2n) is 10.7. The number of aromatic nitrogens is 2. The quantitative estimate of drug-likeness (QED) is 0.501. The van der Waals surface area contributed by atoms with Crippen molar-refractivity contribution < 1.29 is 22.7 Å². The zero-order chi connectivity index (χ0) is 25.7. The number of ether oxygens (including phenoxy) is 1. The molecule has 3 fully saturated rings. The van der Waals surface area contributed by atoms with Gasteiger partial charge in [-0.15, -0.1) is 0 Å². The molecule has 1 aliphatic carbocycles. The normalized spacial score (nSPS) is 20.1. The van der Waals surface area contributed by atoms with Crippen LogP contribution in [0.15, 0.2) is 24.4 Å². The van der Waals surface area contributed by atoms with Gasteiger partial charge < -0.3 is 19.5 Å². The minimum absolute atomic E-state index is 0.0394. The summed E-state index contributed by atoms with van der Waals surface area (Å²) in [6.45, 7) is 2.82. The number of halogens is 3. The SMILES string of the molecule is CN1CCC(c2cc3c(C4CCN(C(=O)c5cc(F)c(OC6CC6)c(F)c5)CC4)c(F)cnc3[nH]2)CC1. The van der Waals surface area contributed by atoms with Crippen molar-refractivity contribution in [1.29, 1.82) is 0 Å². The maximum Gasteiger partial charge on any atom is 0.254 e. The van der Waals surface area contributed by atoms with E-state index >= 15 is 4.39 Å². The van der Waals surface area contributed by atoms with Crippen molar-refractivity contribution in [1.82, 2.24) is 19.8 Å². The van der Waals surface area contributed by atoms with Crippen molar-refractivity contribution in [3.05, 3.63) is 58.7 Å². The molecule has 1 amide bonds. The maximum atomic E-state index is 15.1. The molecule has 3 aromatic rings. The molecule has 6 nitrogen and oxygen atoms in total. The van der Waals surface area contributed by atoms with Gasteiger partial charge in [-0.05, 0) is 82.8 Å². The molecule has 196 valence electrons. The molecule has 0 spiro atoms. The van der Waals surface area contributed by atoms with Crippen LogP contribution in [-0.4, -0.2) is 65.0 Å². The average Bonchev–Trinajstić information content (AvgIpc) is 3.62. The van der Waals surface area contributed by atoms with Crippen molar-refractivity contribution in [2.75, 3.05) is 33.2 Å². The maximum absolute atomic E-state index is 15.1. The van der Waals surface area contributed by atoms with Crippen LogP contribution in [0.3, 0.4) is 0 Å². The molecule has 0 atom stereocenters. The first kappa shape index (κ1) is 24.3. The number of benzene rings is 1. The molecule has 1 aromatic carbocycles. The van der Waals surface area contributed by atoms with Crippen LogP contribution in [0.5, 0.6) is 5.75 Å². The Balaban J connectivity index is 1.17. The third-order valence-corrected chi connectivity index (χ3v) is 8.08. The second kappa shape index (κ2) is 9.67. The third-order valence-electron chi connectivity index (χ3n) is 8.08. The lowest BCUT2D eigenvalue weighted by Gasteiger charge is -2.32. The summed E-state index contributed by atoms with van der Waals surface area (Å²) in [5, 5.41) is 0.814. The lowest BCUT2D eigenvalue weighted by Crippen LogP contribution is -2.38. The molecular weight excluding hydrogens is 481 g/mol. The Morgan fingerprint density at radius 1 is 0.919 bits per heavy atom. The number of likely N-dealkylation sites (tertiary alicyclic amines) is 2. The summed E-state index contributed by atoms with van der Waals surface area (Å²) in [6.07, 6.45) is 5.91. The smallest absolute Gasteiger partial charge is 0.254 e. The largest absolute Gasteiger partial charge is 0.484 e. The molecule has 3 aliphatic rings. The van der Waals surface area contributed by atoms with Crippen LogP contribution in [0.1, 0.15) is 72.0 Å². The van der Waals surface area contributed by atoms with Gasteiger partial charge in [0.25, 0.3) is 5.91 Å². The molecule has 9 heteroatoms. The van der Waals surface area contributed by atoms with Gasteiger partial charge in [0.1, 0.15) is 11.5 Å². The summed E-state index contributed by atoms with van der Waals surface area (Å²) in [7, 11) is 2.12. The van der Waals surface area contributed by atoms with E-state index in [2.05, 4.69) is 28.0 Å². The van der Waals surface area contributed by atoms with Crippen LogP contribution in [0, 0.1) is 17.5 Å². The van der Waals surface area contributed by atoms with Gasteiger partial charge in [-0.1, -0.05) is 0 Å². The van der Waals surface area contributed by atoms with E-state index < -0.39 is 23.3 Å². The van der Waals surface area contributed by atoms with E-state index in [1.165, 1.54) is 6.20 Å². The molecule has 2 saturated heterocycles. The molecule has 6 rings (SSSR count). The number of fused-ring (bicyclic) bond motifs is 1. The summed E-state index contributed by atoms with van der Waals surface area (Å²) >= 11 is 0. The molecule has 0 unspecified atom stereocenters. The number of piperidine rings is 2. The summed E-state index contributed by atoms with van der Waals surface area (Å²) in [4.78, 5) is 24.7. The number of rotatable bonds is 5. The van der Waals surface area contributed by atoms with Gasteiger partial charge in [-0.25, -0.2) is 18.2 Å². The highest BCUT2D eigenvalue weighted by molar-refractivity contribution is 5.94. The summed E-state index contributed by atoms with van der Waals surface area (Å²) in [5.74, 6) is -2.57. The van der Waals surface area contributed by atoms with Crippen molar-refractivity contribution in [3.8, 4) is 5.75 Å². The zero-order valence-corrected chi connectivity index (χ0v) is 20.9. The fourth-order valence-electron chi connectivity index (χ4n) is 5.75. The predicted molar refractivity (Wildman–Crippen MR) is 133 cm³/mol. The molecular formula is C28H31F3N4O2. The predicted octanol–water partition coefficient (Wildman–Crippen LogP) is 5.35. The lowest BCUT2D eigenvalue weighted by atomic mass is 9.87. The molecule has 1 saturated carbocycles. The average molecular weight is 513 g/mol. The van der Waals surface area contributed by atoms with Crippen LogP contribution >= 0.6 is 0 Å². The molecule has 2 aliphatic heterocycles. The highest BCUT2D eigenvalue weighted by Crippen LogP contribution is 2.38. The fraction of sp³-hybridized carbons (Fsp3) is 0.500. The Morgan fingerprint density at radius 3 is 2.22 bits per heavy atom. The number of carbonyl (C=O) groups excluding carboxylic acids is 1. The fourth-order valence-corrected chi connectivity index (χ4v) is 5.75. The van der Waals surface area contributed by atoms with E-state index in [0.717, 1.165) is 62.0 Å². The Labute approximate surface area is 213 Å². The second-order valence-corrected chi connectivity index (χ2v) is 10.7. The van der Waals surface area contributed by atoms with Gasteiger partial charge in [-0.2, -0.15) is 0 Å². The first-order chi connectivity index (χ1) is 17.9. The van der Waals surface area contributed by atoms with Crippen LogP contribution in [0.2, 0.25) is 0 Å². The number of hydrogen-bond donors (Lipinski definition) is 1. The van der Waals surface area contributed by atoms with E-state index in [-0.39, 0.29) is 23.4 Å². The summed E-state index contributed by atoms with van der Waals surface area (Å²) in [5.41, 5.74) is 2.41. The van der Waals surface area contributed by atoms with E-state index in [1.807, 2.05) is 0 Å². The molecule has 0 radical (unpaired) electrons. The van der Waals surface area contributed by atoms with E-state index in [4.69, 9.17) is 4.74 Å². The van der Waals surface area contributed by atoms with E-state index in [0.29, 0.717) is 43.1 Å². The van der Waals surface area contributed by atoms with Crippen molar-refractivity contribution in [2.24, 2.45) is 0 Å². The highest BCUT2D eigenvalue weighted by atomic mass is 19.1. The summed E-state index contributed by atoms with van der Waals surface area (Å²) < 4.78 is 49.3. The number of nitrogens with one attached hydrogen (secondary N) is 1. The molecule has 37 heavy (non-hydrogen) atoms. The first-order valence-corrected chi connectivity index (χ1v) is 13.2. The van der Waals surface area contributed by atoms with Crippen LogP contribution in [0.25, 0.3) is 11.0 Å². The summed E-state index contributed by atoms with van der Waals surface area (Å²) in [6, 6.07) is 4.16. The Kier molecular flexibility index (Phi) is 6.34. The Hall–Kier alpha value is -3.07. The van der Waals surface area contributed by atoms with Crippen LogP contribution in [-0.2, 0) is 0 Å². The first-order valence-electron chi connectivity index (χ1n) is 13.2. The van der Waals surface area contributed by atoms with Crippen LogP contribution in [0.4, 0.5) is 13.2 Å². The van der Waals surface area contributed by atoms with Gasteiger partial charge in [0.15, 0.2) is 17.4 Å². The number of pyridine rings is 1. The Morgan fingerprint density at radius 2 is 1.57 bits per heavy atom. The van der Waals surface area contributed by atoms with Gasteiger partial charge in [0.2, 0.25) is 0 Å². The molecule has 0 bridgehead atoms. The number of carbonyl (C=O) groups is 1. The number of H-pyrrole nitrogens is 1.